The summed E-state index contributed by atoms with van der Waals surface area (Å²) >= 11 is 0. The zero-order valence-electron chi connectivity index (χ0n) is 34.6. The van der Waals surface area contributed by atoms with Crippen molar-refractivity contribution in [3.05, 3.63) is 187 Å². The monoisotopic (exact) mass is 621 g/mol. The van der Waals surface area contributed by atoms with Crippen LogP contribution in [0.25, 0.3) is 54.9 Å². The number of hydrogen-bond acceptors (Lipinski definition) is 1. The molecule has 0 aromatic heterocycles. The Morgan fingerprint density at radius 2 is 0.875 bits per heavy atom. The second-order valence-corrected chi connectivity index (χ2v) is 12.7. The van der Waals surface area contributed by atoms with E-state index in [0.717, 1.165) is 43.8 Å². The van der Waals surface area contributed by atoms with Crippen molar-refractivity contribution in [1.29, 1.82) is 0 Å². The summed E-state index contributed by atoms with van der Waals surface area (Å²) in [7, 11) is 0. The van der Waals surface area contributed by atoms with Gasteiger partial charge < -0.3 is 4.90 Å². The fourth-order valence-corrected chi connectivity index (χ4v) is 7.27. The van der Waals surface area contributed by atoms with E-state index in [-0.39, 0.29) is 70.8 Å². The summed E-state index contributed by atoms with van der Waals surface area (Å²) in [5, 5.41) is 3.35. The molecule has 0 saturated carbocycles. The first-order valence-corrected chi connectivity index (χ1v) is 16.1. The Labute approximate surface area is 293 Å². The van der Waals surface area contributed by atoms with Crippen LogP contribution in [0.5, 0.6) is 0 Å². The smallest absolute Gasteiger partial charge is 0.0645 e. The molecule has 0 fully saturated rings. The van der Waals surface area contributed by atoms with E-state index in [4.69, 9.17) is 0 Å². The third-order valence-electron chi connectivity index (χ3n) is 9.62. The van der Waals surface area contributed by atoms with Gasteiger partial charge in [-0.3, -0.25) is 0 Å². The molecule has 0 unspecified atom stereocenters. The lowest BCUT2D eigenvalue weighted by molar-refractivity contribution is 0.660. The zero-order chi connectivity index (χ0) is 39.2. The van der Waals surface area contributed by atoms with Crippen LogP contribution in [0, 0.1) is 0 Å². The van der Waals surface area contributed by atoms with Gasteiger partial charge in [0.25, 0.3) is 0 Å². The topological polar surface area (TPSA) is 3.24 Å². The Morgan fingerprint density at radius 3 is 1.46 bits per heavy atom. The van der Waals surface area contributed by atoms with Crippen LogP contribution in [0.1, 0.15) is 35.9 Å². The normalized spacial score (nSPS) is 15.3. The molecule has 9 rings (SSSR count). The molecule has 1 heteroatoms. The highest BCUT2D eigenvalue weighted by molar-refractivity contribution is 5.99. The van der Waals surface area contributed by atoms with E-state index in [1.165, 1.54) is 4.90 Å². The molecule has 0 atom stereocenters. The quantitative estimate of drug-likeness (QED) is 0.185. The first-order chi connectivity index (χ1) is 26.9. The first-order valence-electron chi connectivity index (χ1n) is 20.1. The van der Waals surface area contributed by atoms with Gasteiger partial charge in [0.05, 0.1) is 16.7 Å². The molecule has 228 valence electrons. The van der Waals surface area contributed by atoms with Crippen LogP contribution in [0.2, 0.25) is 0 Å². The third-order valence-corrected chi connectivity index (χ3v) is 9.62. The molecular weight excluding hydrogens is 579 g/mol. The molecule has 0 heterocycles. The summed E-state index contributed by atoms with van der Waals surface area (Å²) in [6.07, 6.45) is 0. The molecule has 1 aliphatic rings. The number of nitrogens with zero attached hydrogens (tertiary/aromatic N) is 1. The van der Waals surface area contributed by atoms with Gasteiger partial charge in [0.2, 0.25) is 0 Å². The van der Waals surface area contributed by atoms with E-state index >= 15 is 0 Å². The SMILES string of the molecule is [2H]c1c([2H])c(N(c2cccc3c2-c2ccccc2C3(C)C)c2c([2H])c([2H])c(-c3cccc4ccccc34)c([2H])c2[2H])c([2H])c([2H])c1-c1cccc2ccccc12. The van der Waals surface area contributed by atoms with Gasteiger partial charge in [-0.15, -0.1) is 0 Å². The van der Waals surface area contributed by atoms with E-state index in [2.05, 4.69) is 19.9 Å². The molecule has 48 heavy (non-hydrogen) atoms. The summed E-state index contributed by atoms with van der Waals surface area (Å²) in [5.74, 6) is 0. The van der Waals surface area contributed by atoms with E-state index in [1.54, 1.807) is 18.2 Å². The van der Waals surface area contributed by atoms with Crippen molar-refractivity contribution in [3.8, 4) is 33.4 Å². The standard InChI is InChI=1S/C47H35N/c1-47(2)43-21-8-7-18-42(43)46-44(47)22-11-23-45(46)48(36-28-24-34(25-29-36)40-19-9-14-32-12-3-5-16-38(32)40)37-30-26-35(27-31-37)41-20-10-15-33-13-4-6-17-39(33)41/h3-31H,1-2H3/i24D,25D,26D,27D,28D,29D,30D,31D. The Balaban J connectivity index is 1.39. The fraction of sp³-hybridized carbons (Fsp3) is 0.0638. The van der Waals surface area contributed by atoms with Gasteiger partial charge in [-0.25, -0.2) is 0 Å². The largest absolute Gasteiger partial charge is 0.310 e. The average Bonchev–Trinajstić information content (AvgIpc) is 3.45. The maximum atomic E-state index is 9.65. The lowest BCUT2D eigenvalue weighted by Gasteiger charge is -2.29. The Bertz CT molecular complexity index is 2740. The highest BCUT2D eigenvalue weighted by Crippen LogP contribution is 2.54. The van der Waals surface area contributed by atoms with Crippen LogP contribution < -0.4 is 4.90 Å². The minimum atomic E-state index is -0.451. The second-order valence-electron chi connectivity index (χ2n) is 12.7. The molecule has 1 aliphatic carbocycles. The van der Waals surface area contributed by atoms with Gasteiger partial charge in [-0.05, 0) is 90.7 Å². The highest BCUT2D eigenvalue weighted by atomic mass is 15.1. The Hall–Kier alpha value is -5.92. The average molecular weight is 622 g/mol. The molecule has 0 aliphatic heterocycles. The number of hydrogen-bond donors (Lipinski definition) is 0. The summed E-state index contributed by atoms with van der Waals surface area (Å²) in [5.41, 5.74) is 4.69. The van der Waals surface area contributed by atoms with Crippen LogP contribution in [0.15, 0.2) is 176 Å². The molecular formula is C47H35N. The molecule has 8 aromatic carbocycles. The van der Waals surface area contributed by atoms with Gasteiger partial charge in [0.15, 0.2) is 0 Å². The summed E-state index contributed by atoms with van der Waals surface area (Å²) in [4.78, 5) is 1.44. The number of fused-ring (bicyclic) bond motifs is 5. The first kappa shape index (κ1) is 21.1. The minimum absolute atomic E-state index is 0.135. The molecule has 0 bridgehead atoms. The van der Waals surface area contributed by atoms with Crippen molar-refractivity contribution in [3.63, 3.8) is 0 Å². The summed E-state index contributed by atoms with van der Waals surface area (Å²) in [6, 6.07) is 37.4. The van der Waals surface area contributed by atoms with Crippen molar-refractivity contribution < 1.29 is 11.0 Å². The van der Waals surface area contributed by atoms with Crippen LogP contribution >= 0.6 is 0 Å². The predicted molar refractivity (Wildman–Crippen MR) is 205 cm³/mol. The van der Waals surface area contributed by atoms with Crippen molar-refractivity contribution in [1.82, 2.24) is 0 Å². The third kappa shape index (κ3) is 4.47. The maximum absolute atomic E-state index is 9.65. The van der Waals surface area contributed by atoms with Crippen molar-refractivity contribution in [2.24, 2.45) is 0 Å². The van der Waals surface area contributed by atoms with Gasteiger partial charge in [-0.1, -0.05) is 159 Å². The van der Waals surface area contributed by atoms with E-state index in [9.17, 15) is 11.0 Å². The Morgan fingerprint density at radius 1 is 0.438 bits per heavy atom. The van der Waals surface area contributed by atoms with Crippen LogP contribution in [-0.4, -0.2) is 0 Å². The number of anilines is 3. The van der Waals surface area contributed by atoms with Crippen LogP contribution in [0.3, 0.4) is 0 Å². The van der Waals surface area contributed by atoms with Crippen LogP contribution in [0.4, 0.5) is 17.1 Å². The maximum Gasteiger partial charge on any atom is 0.0645 e. The van der Waals surface area contributed by atoms with Gasteiger partial charge in [0, 0.05) is 22.4 Å². The zero-order valence-corrected chi connectivity index (χ0v) is 26.6. The lowest BCUT2D eigenvalue weighted by Crippen LogP contribution is -2.16. The number of benzene rings is 8. The van der Waals surface area contributed by atoms with Gasteiger partial charge in [0.1, 0.15) is 0 Å². The van der Waals surface area contributed by atoms with E-state index in [1.807, 2.05) is 103 Å². The minimum Gasteiger partial charge on any atom is -0.310 e. The summed E-state index contributed by atoms with van der Waals surface area (Å²) in [6.45, 7) is 4.24. The van der Waals surface area contributed by atoms with Crippen molar-refractivity contribution >= 4 is 38.6 Å². The van der Waals surface area contributed by atoms with Gasteiger partial charge >= 0.3 is 0 Å². The van der Waals surface area contributed by atoms with Crippen molar-refractivity contribution in [2.45, 2.75) is 19.3 Å². The molecule has 0 amide bonds. The fourth-order valence-electron chi connectivity index (χ4n) is 7.27. The van der Waals surface area contributed by atoms with E-state index < -0.39 is 5.41 Å². The molecule has 0 radical (unpaired) electrons. The molecule has 1 nitrogen and oxygen atoms in total. The van der Waals surface area contributed by atoms with Gasteiger partial charge in [-0.2, -0.15) is 0 Å². The van der Waals surface area contributed by atoms with Crippen LogP contribution in [-0.2, 0) is 5.41 Å². The lowest BCUT2D eigenvalue weighted by atomic mass is 9.82. The predicted octanol–water partition coefficient (Wildman–Crippen LogP) is 13.1. The highest BCUT2D eigenvalue weighted by Gasteiger charge is 2.37. The number of rotatable bonds is 5. The Kier molecular flexibility index (Phi) is 4.87. The van der Waals surface area contributed by atoms with E-state index in [0.29, 0.717) is 16.8 Å². The molecule has 0 N–H and O–H groups in total. The second kappa shape index (κ2) is 11.1. The van der Waals surface area contributed by atoms with Crippen molar-refractivity contribution in [2.75, 3.05) is 4.90 Å². The molecule has 0 saturated heterocycles. The summed E-state index contributed by atoms with van der Waals surface area (Å²) < 4.78 is 76.5. The molecule has 0 spiro atoms. The molecule has 8 aromatic rings.